The molecule has 0 aromatic heterocycles. The Morgan fingerprint density at radius 3 is 1.02 bits per heavy atom. The molecule has 0 fully saturated rings. The summed E-state index contributed by atoms with van der Waals surface area (Å²) < 4.78 is 0. The Morgan fingerprint density at radius 2 is 0.608 bits per heavy atom. The highest BCUT2D eigenvalue weighted by Gasteiger charge is 2.51. The first-order valence-corrected chi connectivity index (χ1v) is 35.7. The second-order valence-corrected chi connectivity index (χ2v) is 28.4. The molecular weight excluding hydrogens is 1170 g/mol. The van der Waals surface area contributed by atoms with E-state index in [9.17, 15) is 0 Å². The number of anilines is 8. The van der Waals surface area contributed by atoms with Gasteiger partial charge in [-0.2, -0.15) is 0 Å². The molecule has 0 atom stereocenters. The van der Waals surface area contributed by atoms with Crippen LogP contribution in [-0.4, -0.2) is 32.9 Å². The van der Waals surface area contributed by atoms with Crippen LogP contribution in [-0.2, 0) is 36.5 Å². The zero-order valence-electron chi connectivity index (χ0n) is 54.5. The summed E-state index contributed by atoms with van der Waals surface area (Å²) in [4.78, 5) is 11.1. The highest BCUT2D eigenvalue weighted by atomic mass is 15.2. The van der Waals surface area contributed by atoms with E-state index in [4.69, 9.17) is 0 Å². The van der Waals surface area contributed by atoms with E-state index >= 15 is 0 Å². The number of nitrogens with zero attached hydrogens (tertiary/aromatic N) is 4. The van der Waals surface area contributed by atoms with E-state index in [1.165, 1.54) is 186 Å². The van der Waals surface area contributed by atoms with Crippen molar-refractivity contribution >= 4 is 68.6 Å². The van der Waals surface area contributed by atoms with Gasteiger partial charge < -0.3 is 19.6 Å². The predicted molar refractivity (Wildman–Crippen MR) is 404 cm³/mol. The van der Waals surface area contributed by atoms with Crippen LogP contribution in [0.15, 0.2) is 285 Å². The van der Waals surface area contributed by atoms with Gasteiger partial charge >= 0.3 is 0 Å². The molecule has 8 aliphatic rings. The van der Waals surface area contributed by atoms with Crippen LogP contribution in [0.5, 0.6) is 0 Å². The minimum Gasteiger partial charge on any atom is -0.371 e. The Morgan fingerprint density at radius 1 is 0.268 bits per heavy atom. The number of benzene rings is 13. The second-order valence-electron chi connectivity index (χ2n) is 28.4. The maximum absolute atomic E-state index is 2.79. The molecule has 0 amide bonds. The van der Waals surface area contributed by atoms with Gasteiger partial charge in [-0.3, -0.25) is 0 Å². The lowest BCUT2D eigenvalue weighted by Gasteiger charge is -2.49. The zero-order valence-corrected chi connectivity index (χ0v) is 54.5. The number of para-hydroxylation sites is 2. The maximum atomic E-state index is 2.79. The van der Waals surface area contributed by atoms with Crippen LogP contribution in [0, 0.1) is 0 Å². The lowest BCUT2D eigenvalue weighted by molar-refractivity contribution is 0.634. The first-order chi connectivity index (χ1) is 48.2. The van der Waals surface area contributed by atoms with Crippen LogP contribution in [0.2, 0.25) is 0 Å². The average Bonchev–Trinajstić information content (AvgIpc) is 1.51. The standard InChI is InChI=1S/C92H71BN4/c1-5-28-64(29-6-1)91(65-30-7-2-8-31-65)76-42-17-13-38-70(76)74-56-60(48-50-78(74)91)68-36-15-19-44-82(68)96-84-46-21-47-85-86(84)93(80-58-62-26-22-52-94-54-24-40-72(87(62)94)89(80)96)81-59-63-27-23-53-95-55-25-41-73(88(63)95)90(81)97(85)83-45-20-16-37-69(83)61-49-51-79-75(57-61)71-39-14-18-43-77(71)92(79,66-32-9-3-10-33-66)67-34-11-4-12-35-67/h1-21,28-39,42-51,56-59H,22-27,40-41,52-55H2. The summed E-state index contributed by atoms with van der Waals surface area (Å²) in [6, 6.07) is 110. The van der Waals surface area contributed by atoms with E-state index in [-0.39, 0.29) is 6.71 Å². The highest BCUT2D eigenvalue weighted by Crippen LogP contribution is 2.61. The van der Waals surface area contributed by atoms with Crippen LogP contribution in [0.4, 0.5) is 45.5 Å². The molecule has 0 N–H and O–H groups in total. The first kappa shape index (κ1) is 55.4. The molecule has 0 unspecified atom stereocenters. The zero-order chi connectivity index (χ0) is 63.5. The van der Waals surface area contributed by atoms with Crippen molar-refractivity contribution in [2.45, 2.75) is 62.2 Å². The second kappa shape index (κ2) is 21.3. The largest absolute Gasteiger partial charge is 0.371 e. The highest BCUT2D eigenvalue weighted by molar-refractivity contribution is 7.00. The van der Waals surface area contributed by atoms with Crippen molar-refractivity contribution < 1.29 is 0 Å². The summed E-state index contributed by atoms with van der Waals surface area (Å²) in [5, 5.41) is 0. The monoisotopic (exact) mass is 1240 g/mol. The van der Waals surface area contributed by atoms with E-state index in [0.717, 1.165) is 64.7 Å². The Bertz CT molecular complexity index is 4990. The quantitative estimate of drug-likeness (QED) is 0.141. The molecule has 5 heteroatoms. The minimum absolute atomic E-state index is 0.0157. The fourth-order valence-electron chi connectivity index (χ4n) is 20.2. The minimum atomic E-state index is -0.483. The molecule has 0 radical (unpaired) electrons. The van der Waals surface area contributed by atoms with Gasteiger partial charge in [0.25, 0.3) is 6.71 Å². The number of hydrogen-bond acceptors (Lipinski definition) is 4. The molecule has 13 aromatic carbocycles. The van der Waals surface area contributed by atoms with Gasteiger partial charge in [0.05, 0.1) is 22.2 Å². The lowest BCUT2D eigenvalue weighted by Crippen LogP contribution is -2.62. The lowest BCUT2D eigenvalue weighted by atomic mass is 9.32. The average molecular weight is 1240 g/mol. The van der Waals surface area contributed by atoms with Crippen molar-refractivity contribution in [3.8, 4) is 44.5 Å². The van der Waals surface area contributed by atoms with Gasteiger partial charge in [-0.25, -0.2) is 0 Å². The van der Waals surface area contributed by atoms with Crippen LogP contribution in [0.25, 0.3) is 44.5 Å². The fourth-order valence-corrected chi connectivity index (χ4v) is 20.2. The maximum Gasteiger partial charge on any atom is 0.252 e. The Balaban J connectivity index is 0.804. The molecule has 0 bridgehead atoms. The van der Waals surface area contributed by atoms with Crippen molar-refractivity contribution in [3.63, 3.8) is 0 Å². The van der Waals surface area contributed by atoms with Gasteiger partial charge in [-0.05, 0) is 204 Å². The SMILES string of the molecule is c1ccc(C2(c3ccccc3)c3ccccc3-c3cc(-c4ccccc4N4c5cccc6c5B(c5cc7c8c(c54)CCCN8CCC7)c4cc5c7c(c4N6c4ccccc4-c4ccc6c(c4)-c4ccccc4C6(c4ccccc4)c4ccccc4)CCCN7CCC5)ccc32)cc1. The van der Waals surface area contributed by atoms with E-state index in [1.807, 2.05) is 0 Å². The van der Waals surface area contributed by atoms with Crippen molar-refractivity contribution in [1.82, 2.24) is 0 Å². The normalized spacial score (nSPS) is 16.4. The van der Waals surface area contributed by atoms with Gasteiger partial charge in [0.2, 0.25) is 0 Å². The third-order valence-electron chi connectivity index (χ3n) is 23.8. The predicted octanol–water partition coefficient (Wildman–Crippen LogP) is 19.2. The number of rotatable bonds is 8. The van der Waals surface area contributed by atoms with Crippen LogP contribution < -0.4 is 36.0 Å². The first-order valence-electron chi connectivity index (χ1n) is 35.7. The molecule has 0 spiro atoms. The molecule has 2 aliphatic carbocycles. The topological polar surface area (TPSA) is 13.0 Å². The third kappa shape index (κ3) is 7.66. The van der Waals surface area contributed by atoms with Gasteiger partial charge in [0.15, 0.2) is 0 Å². The Kier molecular flexibility index (Phi) is 12.2. The number of hydrogen-bond donors (Lipinski definition) is 0. The molecular formula is C92H71BN4. The van der Waals surface area contributed by atoms with E-state index in [0.29, 0.717) is 0 Å². The smallest absolute Gasteiger partial charge is 0.252 e. The van der Waals surface area contributed by atoms with Crippen molar-refractivity contribution in [3.05, 3.63) is 352 Å². The molecule has 6 heterocycles. The van der Waals surface area contributed by atoms with Gasteiger partial charge in [0, 0.05) is 71.4 Å². The third-order valence-corrected chi connectivity index (χ3v) is 23.8. The van der Waals surface area contributed by atoms with Gasteiger partial charge in [-0.1, -0.05) is 249 Å². The molecule has 21 rings (SSSR count). The van der Waals surface area contributed by atoms with Crippen molar-refractivity contribution in [2.24, 2.45) is 0 Å². The molecule has 6 aliphatic heterocycles. The summed E-state index contributed by atoms with van der Waals surface area (Å²) in [5.41, 5.74) is 40.9. The summed E-state index contributed by atoms with van der Waals surface area (Å²) in [5.74, 6) is 0. The van der Waals surface area contributed by atoms with Crippen LogP contribution in [0.1, 0.15) is 92.4 Å². The Labute approximate surface area is 569 Å². The molecule has 13 aromatic rings. The van der Waals surface area contributed by atoms with E-state index < -0.39 is 10.8 Å². The van der Waals surface area contributed by atoms with Crippen LogP contribution >= 0.6 is 0 Å². The summed E-state index contributed by atoms with van der Waals surface area (Å²) in [6.07, 6.45) is 8.98. The number of aryl methyl sites for hydroxylation is 2. The van der Waals surface area contributed by atoms with Gasteiger partial charge in [0.1, 0.15) is 0 Å². The summed E-state index contributed by atoms with van der Waals surface area (Å²) >= 11 is 0. The molecule has 4 nitrogen and oxygen atoms in total. The van der Waals surface area contributed by atoms with Crippen molar-refractivity contribution in [2.75, 3.05) is 45.8 Å². The van der Waals surface area contributed by atoms with Gasteiger partial charge in [-0.15, -0.1) is 0 Å². The molecule has 462 valence electrons. The summed E-state index contributed by atoms with van der Waals surface area (Å²) in [7, 11) is 0. The molecule has 0 saturated carbocycles. The molecule has 0 saturated heterocycles. The fraction of sp³-hybridized carbons (Fsp3) is 0.152. The Hall–Kier alpha value is -10.9. The molecule has 97 heavy (non-hydrogen) atoms. The van der Waals surface area contributed by atoms with E-state index in [1.54, 1.807) is 0 Å². The number of fused-ring (bicyclic) bond motifs is 12. The van der Waals surface area contributed by atoms with E-state index in [2.05, 4.69) is 305 Å². The van der Waals surface area contributed by atoms with Crippen LogP contribution in [0.3, 0.4) is 0 Å². The summed E-state index contributed by atoms with van der Waals surface area (Å²) in [6.45, 7) is 4.48. The van der Waals surface area contributed by atoms with Crippen molar-refractivity contribution in [1.29, 1.82) is 0 Å².